The predicted molar refractivity (Wildman–Crippen MR) is 17.8 cm³/mol. The summed E-state index contributed by atoms with van der Waals surface area (Å²) in [4.78, 5) is 9.42. The number of rotatable bonds is 0. The normalized spacial score (nSPS) is 5.40. The predicted octanol–water partition coefficient (Wildman–Crippen LogP) is -0.569. The molecule has 0 aromatic heterocycles. The first kappa shape index (κ1) is 9.65. The molecule has 0 fully saturated rings. The summed E-state index contributed by atoms with van der Waals surface area (Å²) in [6.07, 6.45) is 0. The molecule has 0 aliphatic heterocycles. The van der Waals surface area contributed by atoms with Crippen LogP contribution in [0.3, 0.4) is 0 Å². The SMILES string of the molecule is C[C](=O)[Au].[NaH]. The Labute approximate surface area is 65.7 Å². The monoisotopic (exact) mass is 264 g/mol. The van der Waals surface area contributed by atoms with E-state index >= 15 is 0 Å². The van der Waals surface area contributed by atoms with Gasteiger partial charge in [0.2, 0.25) is 0 Å². The molecule has 0 aliphatic carbocycles. The van der Waals surface area contributed by atoms with Crippen LogP contribution < -0.4 is 0 Å². The Morgan fingerprint density at radius 1 is 1.80 bits per heavy atom. The third-order valence-electron chi connectivity index (χ3n) is 0. The molecule has 0 heterocycles. The molecule has 0 radical (unpaired) electrons. The molecule has 0 rings (SSSR count). The molecule has 30 valence electrons. The third-order valence-corrected chi connectivity index (χ3v) is 0. The summed E-state index contributed by atoms with van der Waals surface area (Å²) in [5, 5.41) is 0. The van der Waals surface area contributed by atoms with Crippen LogP contribution in [0.15, 0.2) is 0 Å². The first-order valence-electron chi connectivity index (χ1n) is 0.855. The number of carbonyl (C=O) groups excluding carboxylic acids is 1. The Morgan fingerprint density at radius 3 is 1.80 bits per heavy atom. The van der Waals surface area contributed by atoms with Crippen LogP contribution in [0.1, 0.15) is 6.92 Å². The standard InChI is InChI=1S/C2H3O.Au.Na.H/c1-2-3;;;/h1H3;;;. The van der Waals surface area contributed by atoms with Crippen molar-refractivity contribution in [1.29, 1.82) is 0 Å². The number of carbonyl (C=O) groups is 1. The summed E-state index contributed by atoms with van der Waals surface area (Å²) >= 11 is 1.85. The first-order chi connectivity index (χ1) is 1.73. The van der Waals surface area contributed by atoms with Crippen molar-refractivity contribution >= 4 is 33.6 Å². The molecule has 5 heavy (non-hydrogen) atoms. The van der Waals surface area contributed by atoms with Crippen LogP contribution in [0.2, 0.25) is 0 Å². The molecule has 0 bridgehead atoms. The second-order valence-corrected chi connectivity index (χ2v) is 1.94. The fourth-order valence-electron chi connectivity index (χ4n) is 0. The van der Waals surface area contributed by atoms with Crippen molar-refractivity contribution in [2.24, 2.45) is 0 Å². The van der Waals surface area contributed by atoms with Crippen molar-refractivity contribution in [2.75, 3.05) is 0 Å². The van der Waals surface area contributed by atoms with Crippen LogP contribution in [-0.2, 0) is 25.9 Å². The van der Waals surface area contributed by atoms with Gasteiger partial charge in [0.25, 0.3) is 0 Å². The Morgan fingerprint density at radius 2 is 1.80 bits per heavy atom. The molecule has 0 saturated carbocycles. The maximum absolute atomic E-state index is 9.42. The summed E-state index contributed by atoms with van der Waals surface area (Å²) in [6.45, 7) is 1.50. The average molecular weight is 264 g/mol. The van der Waals surface area contributed by atoms with Crippen molar-refractivity contribution in [3.63, 3.8) is 0 Å². The van der Waals surface area contributed by atoms with E-state index in [9.17, 15) is 4.79 Å². The summed E-state index contributed by atoms with van der Waals surface area (Å²) in [6, 6.07) is 0. The van der Waals surface area contributed by atoms with Gasteiger partial charge in [0, 0.05) is 0 Å². The first-order valence-corrected chi connectivity index (χ1v) is 1.94. The Kier molecular flexibility index (Phi) is 10.4. The second kappa shape index (κ2) is 5.41. The topological polar surface area (TPSA) is 17.1 Å². The maximum atomic E-state index is 9.42. The Hall–Kier alpha value is 1.41. The van der Waals surface area contributed by atoms with E-state index in [4.69, 9.17) is 0 Å². The van der Waals surface area contributed by atoms with E-state index < -0.39 is 0 Å². The zero-order valence-electron chi connectivity index (χ0n) is 2.21. The van der Waals surface area contributed by atoms with Gasteiger partial charge in [-0.05, 0) is 0 Å². The fourth-order valence-corrected chi connectivity index (χ4v) is 0. The van der Waals surface area contributed by atoms with E-state index in [1.807, 2.05) is 21.1 Å². The minimum absolute atomic E-state index is 0. The molecule has 0 aromatic rings. The van der Waals surface area contributed by atoms with Crippen LogP contribution in [0, 0.1) is 0 Å². The summed E-state index contributed by atoms with van der Waals surface area (Å²) in [7, 11) is 0. The molecular formula is C2H4AuNaO. The van der Waals surface area contributed by atoms with E-state index in [1.54, 1.807) is 0 Å². The van der Waals surface area contributed by atoms with Gasteiger partial charge in [0.1, 0.15) is 0 Å². The molecule has 0 spiro atoms. The van der Waals surface area contributed by atoms with E-state index in [1.165, 1.54) is 6.92 Å². The third kappa shape index (κ3) is 31.6. The van der Waals surface area contributed by atoms with Crippen LogP contribution in [0.4, 0.5) is 0 Å². The van der Waals surface area contributed by atoms with Crippen LogP contribution >= 0.6 is 0 Å². The molecule has 0 N–H and O–H groups in total. The Balaban J connectivity index is 0. The molecule has 0 amide bonds. The van der Waals surface area contributed by atoms with Gasteiger partial charge in [-0.3, -0.25) is 0 Å². The van der Waals surface area contributed by atoms with Crippen molar-refractivity contribution in [1.82, 2.24) is 0 Å². The van der Waals surface area contributed by atoms with Gasteiger partial charge in [0.05, 0.1) is 0 Å². The second-order valence-electron chi connectivity index (χ2n) is 0.416. The quantitative estimate of drug-likeness (QED) is 0.536. The molecule has 3 heteroatoms. The molecule has 0 aliphatic rings. The molecule has 1 nitrogen and oxygen atoms in total. The van der Waals surface area contributed by atoms with E-state index in [2.05, 4.69) is 0 Å². The van der Waals surface area contributed by atoms with Crippen LogP contribution in [0.5, 0.6) is 0 Å². The van der Waals surface area contributed by atoms with Gasteiger partial charge in [-0.15, -0.1) is 0 Å². The molecule has 0 saturated heterocycles. The van der Waals surface area contributed by atoms with Crippen molar-refractivity contribution in [2.45, 2.75) is 6.92 Å². The molecular weight excluding hydrogens is 260 g/mol. The zero-order chi connectivity index (χ0) is 3.58. The van der Waals surface area contributed by atoms with Crippen molar-refractivity contribution < 1.29 is 25.9 Å². The van der Waals surface area contributed by atoms with Crippen LogP contribution in [0.25, 0.3) is 0 Å². The summed E-state index contributed by atoms with van der Waals surface area (Å²) < 4.78 is 0.111. The van der Waals surface area contributed by atoms with E-state index in [0.29, 0.717) is 0 Å². The van der Waals surface area contributed by atoms with E-state index in [0.717, 1.165) is 0 Å². The molecule has 0 aromatic carbocycles. The van der Waals surface area contributed by atoms with Gasteiger partial charge in [-0.2, -0.15) is 0 Å². The molecule has 0 unspecified atom stereocenters. The average Bonchev–Trinajstić information content (AvgIpc) is 0.811. The van der Waals surface area contributed by atoms with E-state index in [-0.39, 0.29) is 33.6 Å². The van der Waals surface area contributed by atoms with Gasteiger partial charge in [-0.1, -0.05) is 0 Å². The van der Waals surface area contributed by atoms with Gasteiger partial charge < -0.3 is 0 Å². The van der Waals surface area contributed by atoms with Gasteiger partial charge >= 0.3 is 66.3 Å². The number of hydrogen-bond donors (Lipinski definition) is 0. The summed E-state index contributed by atoms with van der Waals surface area (Å²) in [5.74, 6) is 0. The van der Waals surface area contributed by atoms with Crippen molar-refractivity contribution in [3.8, 4) is 0 Å². The minimum atomic E-state index is 0. The van der Waals surface area contributed by atoms with Gasteiger partial charge in [-0.25, -0.2) is 0 Å². The zero-order valence-corrected chi connectivity index (χ0v) is 4.38. The number of hydrogen-bond acceptors (Lipinski definition) is 1. The van der Waals surface area contributed by atoms with Crippen molar-refractivity contribution in [3.05, 3.63) is 0 Å². The van der Waals surface area contributed by atoms with Crippen LogP contribution in [-0.4, -0.2) is 33.6 Å². The van der Waals surface area contributed by atoms with Gasteiger partial charge in [0.15, 0.2) is 0 Å². The fraction of sp³-hybridized carbons (Fsp3) is 0.500. The molecule has 0 atom stereocenters. The Bertz CT molecular complexity index is 32.6. The summed E-state index contributed by atoms with van der Waals surface area (Å²) in [5.41, 5.74) is 0.